The van der Waals surface area contributed by atoms with Crippen LogP contribution in [0.4, 0.5) is 17.6 Å². The van der Waals surface area contributed by atoms with Crippen LogP contribution in [0.3, 0.4) is 0 Å². The van der Waals surface area contributed by atoms with E-state index in [4.69, 9.17) is 0 Å². The fraction of sp³-hybridized carbons (Fsp3) is 0. The van der Waals surface area contributed by atoms with Crippen molar-refractivity contribution in [2.24, 2.45) is 0 Å². The Hall–Kier alpha value is -2.18. The second-order valence-corrected chi connectivity index (χ2v) is 8.60. The molecule has 0 saturated heterocycles. The van der Waals surface area contributed by atoms with E-state index in [1.54, 1.807) is 11.3 Å². The number of hydrogen-bond acceptors (Lipinski definition) is 1. The van der Waals surface area contributed by atoms with Gasteiger partial charge in [0.05, 0.1) is 3.79 Å². The molecule has 0 unspecified atom stereocenters. The number of rotatable bonds is 0. The predicted molar refractivity (Wildman–Crippen MR) is 102 cm³/mol. The van der Waals surface area contributed by atoms with Crippen LogP contribution in [0.25, 0.3) is 42.4 Å². The second-order valence-electron chi connectivity index (χ2n) is 6.14. The number of fused-ring (bicyclic) bond motifs is 4. The Labute approximate surface area is 156 Å². The van der Waals surface area contributed by atoms with Crippen molar-refractivity contribution in [3.63, 3.8) is 0 Å². The lowest BCUT2D eigenvalue weighted by molar-refractivity contribution is 0.418. The van der Waals surface area contributed by atoms with Gasteiger partial charge in [0.25, 0.3) is 0 Å². The summed E-state index contributed by atoms with van der Waals surface area (Å²) < 4.78 is 57.4. The van der Waals surface area contributed by atoms with E-state index >= 15 is 0 Å². The molecule has 1 aromatic heterocycles. The first-order valence-electron chi connectivity index (χ1n) is 7.64. The molecule has 0 saturated carbocycles. The largest absolute Gasteiger partial charge is 0.203 e. The van der Waals surface area contributed by atoms with Gasteiger partial charge in [0.1, 0.15) is 0 Å². The monoisotopic (exact) mass is 434 g/mol. The van der Waals surface area contributed by atoms with E-state index in [0.717, 1.165) is 24.6 Å². The molecule has 1 heterocycles. The molecule has 0 atom stereocenters. The molecule has 0 spiro atoms. The summed E-state index contributed by atoms with van der Waals surface area (Å²) in [6, 6.07) is 12.4. The topological polar surface area (TPSA) is 0 Å². The maximum atomic E-state index is 14.1. The molecule has 0 amide bonds. The molecule has 5 rings (SSSR count). The molecular formula is C20H7BrF4S. The first-order chi connectivity index (χ1) is 12.4. The van der Waals surface area contributed by atoms with Crippen LogP contribution in [-0.4, -0.2) is 0 Å². The van der Waals surface area contributed by atoms with Crippen LogP contribution in [0.15, 0.2) is 46.3 Å². The molecule has 6 heteroatoms. The third-order valence-electron chi connectivity index (χ3n) is 4.59. The summed E-state index contributed by atoms with van der Waals surface area (Å²) in [4.78, 5) is 0. The maximum absolute atomic E-state index is 14.1. The quantitative estimate of drug-likeness (QED) is 0.101. The lowest BCUT2D eigenvalue weighted by Gasteiger charge is -2.08. The zero-order valence-corrected chi connectivity index (χ0v) is 15.2. The van der Waals surface area contributed by atoms with Gasteiger partial charge in [0, 0.05) is 15.5 Å². The zero-order valence-electron chi connectivity index (χ0n) is 12.8. The van der Waals surface area contributed by atoms with Crippen molar-refractivity contribution in [3.05, 3.63) is 69.5 Å². The van der Waals surface area contributed by atoms with E-state index in [2.05, 4.69) is 15.9 Å². The molecule has 0 N–H and O–H groups in total. The minimum atomic E-state index is -1.79. The Morgan fingerprint density at radius 1 is 0.538 bits per heavy atom. The van der Waals surface area contributed by atoms with E-state index in [1.807, 2.05) is 30.3 Å². The lowest BCUT2D eigenvalue weighted by Crippen LogP contribution is -1.98. The van der Waals surface area contributed by atoms with Crippen molar-refractivity contribution < 1.29 is 17.6 Å². The Morgan fingerprint density at radius 3 is 1.58 bits per heavy atom. The summed E-state index contributed by atoms with van der Waals surface area (Å²) in [6.07, 6.45) is 0. The fourth-order valence-electron chi connectivity index (χ4n) is 3.35. The van der Waals surface area contributed by atoms with Gasteiger partial charge in [-0.15, -0.1) is 11.3 Å². The summed E-state index contributed by atoms with van der Waals surface area (Å²) in [5, 5.41) is 3.65. The van der Waals surface area contributed by atoms with Gasteiger partial charge in [0.2, 0.25) is 0 Å². The van der Waals surface area contributed by atoms with Crippen molar-refractivity contribution >= 4 is 69.7 Å². The first kappa shape index (κ1) is 16.0. The number of hydrogen-bond donors (Lipinski definition) is 0. The molecule has 0 aliphatic carbocycles. The number of thiophene rings is 1. The van der Waals surface area contributed by atoms with E-state index in [-0.39, 0.29) is 10.8 Å². The average Bonchev–Trinajstić information content (AvgIpc) is 2.98. The highest BCUT2D eigenvalue weighted by molar-refractivity contribution is 9.11. The normalized spacial score (nSPS) is 12.0. The minimum Gasteiger partial charge on any atom is -0.203 e. The van der Waals surface area contributed by atoms with Gasteiger partial charge in [-0.25, -0.2) is 17.6 Å². The van der Waals surface area contributed by atoms with Gasteiger partial charge in [0.15, 0.2) is 23.3 Å². The SMILES string of the molecule is Fc1c(F)c(F)c2cc3cc4cc5sc(Br)cc5cc4cc3cc2c1F. The third kappa shape index (κ3) is 2.18. The maximum Gasteiger partial charge on any atom is 0.198 e. The van der Waals surface area contributed by atoms with Gasteiger partial charge in [-0.05, 0) is 85.3 Å². The molecule has 5 aromatic rings. The molecule has 0 aliphatic heterocycles. The van der Waals surface area contributed by atoms with Crippen molar-refractivity contribution in [2.75, 3.05) is 0 Å². The molecule has 0 bridgehead atoms. The molecule has 0 fully saturated rings. The third-order valence-corrected chi connectivity index (χ3v) is 6.19. The van der Waals surface area contributed by atoms with Gasteiger partial charge >= 0.3 is 0 Å². The Balaban J connectivity index is 1.93. The van der Waals surface area contributed by atoms with Gasteiger partial charge in [-0.2, -0.15) is 0 Å². The van der Waals surface area contributed by atoms with Crippen LogP contribution in [-0.2, 0) is 0 Å². The highest BCUT2D eigenvalue weighted by atomic mass is 79.9. The summed E-state index contributed by atoms with van der Waals surface area (Å²) >= 11 is 5.06. The summed E-state index contributed by atoms with van der Waals surface area (Å²) in [7, 11) is 0. The molecule has 4 aromatic carbocycles. The van der Waals surface area contributed by atoms with Crippen molar-refractivity contribution in [1.82, 2.24) is 0 Å². The highest BCUT2D eigenvalue weighted by Gasteiger charge is 2.20. The molecular weight excluding hydrogens is 428 g/mol. The molecule has 26 heavy (non-hydrogen) atoms. The minimum absolute atomic E-state index is 0.270. The predicted octanol–water partition coefficient (Wildman–Crippen LogP) is 7.68. The molecule has 0 nitrogen and oxygen atoms in total. The summed E-state index contributed by atoms with van der Waals surface area (Å²) in [6.45, 7) is 0. The smallest absolute Gasteiger partial charge is 0.198 e. The van der Waals surface area contributed by atoms with Crippen molar-refractivity contribution in [1.29, 1.82) is 0 Å². The van der Waals surface area contributed by atoms with Crippen LogP contribution >= 0.6 is 27.3 Å². The van der Waals surface area contributed by atoms with Crippen molar-refractivity contribution in [2.45, 2.75) is 0 Å². The van der Waals surface area contributed by atoms with E-state index < -0.39 is 23.3 Å². The second kappa shape index (κ2) is 5.41. The highest BCUT2D eigenvalue weighted by Crippen LogP contribution is 2.36. The van der Waals surface area contributed by atoms with E-state index in [1.165, 1.54) is 12.1 Å². The van der Waals surface area contributed by atoms with Crippen LogP contribution in [0.2, 0.25) is 0 Å². The van der Waals surface area contributed by atoms with Crippen LogP contribution in [0, 0.1) is 23.3 Å². The van der Waals surface area contributed by atoms with Gasteiger partial charge in [-0.3, -0.25) is 0 Å². The summed E-state index contributed by atoms with van der Waals surface area (Å²) in [5.74, 6) is -6.34. The fourth-order valence-corrected chi connectivity index (χ4v) is 4.94. The number of halogens is 5. The Bertz CT molecular complexity index is 1280. The average molecular weight is 435 g/mol. The Morgan fingerprint density at radius 2 is 1.00 bits per heavy atom. The Kier molecular flexibility index (Phi) is 3.33. The summed E-state index contributed by atoms with van der Waals surface area (Å²) in [5.41, 5.74) is 0. The van der Waals surface area contributed by atoms with E-state index in [0.29, 0.717) is 10.8 Å². The van der Waals surface area contributed by atoms with Gasteiger partial charge in [-0.1, -0.05) is 0 Å². The molecule has 0 radical (unpaired) electrons. The standard InChI is InChI=1S/C20H7BrF4S/c21-16-7-12-3-8-1-9-4-13-14(18(23)20(25)19(24)17(13)22)5-10(9)2-11(8)6-15(12)26-16/h1-7H. The van der Waals surface area contributed by atoms with Gasteiger partial charge < -0.3 is 0 Å². The number of benzene rings is 4. The lowest BCUT2D eigenvalue weighted by atomic mass is 9.98. The first-order valence-corrected chi connectivity index (χ1v) is 9.25. The van der Waals surface area contributed by atoms with Crippen LogP contribution < -0.4 is 0 Å². The van der Waals surface area contributed by atoms with Crippen LogP contribution in [0.5, 0.6) is 0 Å². The molecule has 0 aliphatic rings. The van der Waals surface area contributed by atoms with E-state index in [9.17, 15) is 17.6 Å². The molecule has 128 valence electrons. The van der Waals surface area contributed by atoms with Crippen LogP contribution in [0.1, 0.15) is 0 Å². The zero-order chi connectivity index (χ0) is 18.2. The van der Waals surface area contributed by atoms with Crippen molar-refractivity contribution in [3.8, 4) is 0 Å².